The van der Waals surface area contributed by atoms with Crippen LogP contribution in [0.3, 0.4) is 0 Å². The Morgan fingerprint density at radius 1 is 1.45 bits per heavy atom. The molecule has 1 aliphatic rings. The molecule has 0 bridgehead atoms. The molecular formula is C11H11F3N3O3SY-. The van der Waals surface area contributed by atoms with Crippen molar-refractivity contribution in [2.45, 2.75) is 25.0 Å². The fraction of sp³-hybridized carbons (Fsp3) is 0.545. The van der Waals surface area contributed by atoms with E-state index in [-0.39, 0.29) is 51.4 Å². The second-order valence-corrected chi connectivity index (χ2v) is 6.07. The molecule has 2 rings (SSSR count). The first-order valence-corrected chi connectivity index (χ1v) is 7.24. The largest absolute Gasteiger partial charge is 0.692 e. The molecule has 0 unspecified atom stereocenters. The minimum Gasteiger partial charge on any atom is -0.692 e. The number of rotatable bonds is 3. The molecule has 0 spiro atoms. The second kappa shape index (κ2) is 6.87. The predicted octanol–water partition coefficient (Wildman–Crippen LogP) is 0.687. The van der Waals surface area contributed by atoms with Gasteiger partial charge in [-0.3, -0.25) is 4.68 Å². The topological polar surface area (TPSA) is 64.4 Å². The van der Waals surface area contributed by atoms with E-state index in [1.165, 1.54) is 4.68 Å². The molecule has 0 atom stereocenters. The van der Waals surface area contributed by atoms with Crippen molar-refractivity contribution in [3.05, 3.63) is 17.7 Å². The molecule has 0 saturated carbocycles. The van der Waals surface area contributed by atoms with Gasteiger partial charge in [0, 0.05) is 57.9 Å². The smallest absolute Gasteiger partial charge is 0.534 e. The minimum atomic E-state index is -5.76. The zero-order chi connectivity index (χ0) is 15.8. The van der Waals surface area contributed by atoms with Crippen LogP contribution in [0.5, 0.6) is 5.88 Å². The fourth-order valence-corrected chi connectivity index (χ4v) is 2.45. The monoisotopic (exact) mass is 411 g/mol. The van der Waals surface area contributed by atoms with Gasteiger partial charge < -0.3 is 21.4 Å². The van der Waals surface area contributed by atoms with Gasteiger partial charge in [0.25, 0.3) is 5.88 Å². The second-order valence-electron chi connectivity index (χ2n) is 4.54. The number of nitrogens with zero attached hydrogens (tertiary/aromatic N) is 3. The Hall–Kier alpha value is -0.626. The molecule has 1 aromatic heterocycles. The zero-order valence-corrected chi connectivity index (χ0v) is 15.2. The van der Waals surface area contributed by atoms with Crippen LogP contribution in [0.1, 0.15) is 11.3 Å². The quantitative estimate of drug-likeness (QED) is 0.317. The van der Waals surface area contributed by atoms with E-state index in [0.717, 1.165) is 0 Å². The molecule has 0 fully saturated rings. The fourth-order valence-electron chi connectivity index (χ4n) is 2.02. The van der Waals surface area contributed by atoms with Crippen LogP contribution in [0.25, 0.3) is 0 Å². The van der Waals surface area contributed by atoms with Gasteiger partial charge in [0.05, 0.1) is 12.1 Å². The van der Waals surface area contributed by atoms with Gasteiger partial charge in [-0.2, -0.15) is 21.6 Å². The van der Waals surface area contributed by atoms with Gasteiger partial charge in [0.15, 0.2) is 0 Å². The Bertz CT molecular complexity index is 694. The third-order valence-electron chi connectivity index (χ3n) is 2.99. The van der Waals surface area contributed by atoms with Gasteiger partial charge >= 0.3 is 15.6 Å². The number of likely N-dealkylation sites (N-methyl/N-ethyl adjacent to an activating group) is 1. The Labute approximate surface area is 151 Å². The van der Waals surface area contributed by atoms with E-state index in [4.69, 9.17) is 6.42 Å². The normalized spacial score (nSPS) is 15.6. The molecule has 1 radical (unpaired) electrons. The Morgan fingerprint density at radius 3 is 2.64 bits per heavy atom. The molecule has 0 saturated heterocycles. The summed E-state index contributed by atoms with van der Waals surface area (Å²) in [6.07, 6.45) is 7.39. The Kier molecular flexibility index (Phi) is 6.06. The summed E-state index contributed by atoms with van der Waals surface area (Å²) in [5, 5.41) is 3.72. The summed E-state index contributed by atoms with van der Waals surface area (Å²) in [7, 11) is -4.02. The summed E-state index contributed by atoms with van der Waals surface area (Å²) in [5.74, 6) is 1.47. The number of fused-ring (bicyclic) bond motifs is 1. The molecule has 22 heavy (non-hydrogen) atoms. The summed E-state index contributed by atoms with van der Waals surface area (Å²) < 4.78 is 64.7. The SMILES string of the molecule is [C-]#CCn1nc(OS(=O)(=O)C(F)(F)F)c2c1CCN(C)C2.[Y]. The molecule has 11 heteroatoms. The van der Waals surface area contributed by atoms with Crippen LogP contribution in [-0.2, 0) is 62.3 Å². The maximum Gasteiger partial charge on any atom is 0.534 e. The van der Waals surface area contributed by atoms with Crippen LogP contribution in [0.2, 0.25) is 0 Å². The molecule has 2 heterocycles. The zero-order valence-electron chi connectivity index (χ0n) is 11.5. The van der Waals surface area contributed by atoms with Crippen molar-refractivity contribution < 1.29 is 58.5 Å². The molecule has 1 aromatic rings. The van der Waals surface area contributed by atoms with E-state index in [1.807, 2.05) is 0 Å². The number of hydrogen-bond acceptors (Lipinski definition) is 5. The van der Waals surface area contributed by atoms with Crippen LogP contribution in [0.15, 0.2) is 0 Å². The number of alkyl halides is 3. The average molecular weight is 411 g/mol. The molecule has 0 amide bonds. The third-order valence-corrected chi connectivity index (χ3v) is 3.93. The predicted molar refractivity (Wildman–Crippen MR) is 65.0 cm³/mol. The molecule has 0 aliphatic carbocycles. The first kappa shape index (κ1) is 19.4. The summed E-state index contributed by atoms with van der Waals surface area (Å²) in [6.45, 7) is 0.777. The van der Waals surface area contributed by atoms with Gasteiger partial charge in [-0.25, -0.2) is 0 Å². The molecule has 6 nitrogen and oxygen atoms in total. The summed E-state index contributed by atoms with van der Waals surface area (Å²) >= 11 is 0. The van der Waals surface area contributed by atoms with Crippen LogP contribution in [-0.4, -0.2) is 42.2 Å². The van der Waals surface area contributed by atoms with Crippen LogP contribution < -0.4 is 4.18 Å². The molecular weight excluding hydrogens is 400 g/mol. The average Bonchev–Trinajstić information content (AvgIpc) is 2.65. The van der Waals surface area contributed by atoms with Crippen LogP contribution in [0.4, 0.5) is 13.2 Å². The first-order chi connectivity index (χ1) is 9.65. The van der Waals surface area contributed by atoms with E-state index in [0.29, 0.717) is 18.7 Å². The van der Waals surface area contributed by atoms with Gasteiger partial charge in [0.1, 0.15) is 0 Å². The van der Waals surface area contributed by atoms with Crippen molar-refractivity contribution in [2.24, 2.45) is 0 Å². The van der Waals surface area contributed by atoms with Crippen molar-refractivity contribution in [2.75, 3.05) is 13.6 Å². The maximum absolute atomic E-state index is 12.4. The molecule has 0 aromatic carbocycles. The third kappa shape index (κ3) is 3.82. The maximum atomic E-state index is 12.4. The standard InChI is InChI=1S/C11H11F3N3O3S.Y/c1-3-5-17-9-4-6-16(2)7-8(9)10(15-17)20-21(18,19)11(12,13)14;/h4-7H2,2H3;/q-1;. The van der Waals surface area contributed by atoms with Gasteiger partial charge in [-0.1, -0.05) is 0 Å². The van der Waals surface area contributed by atoms with Crippen LogP contribution >= 0.6 is 0 Å². The molecule has 0 N–H and O–H groups in total. The van der Waals surface area contributed by atoms with Crippen LogP contribution in [0, 0.1) is 12.3 Å². The summed E-state index contributed by atoms with van der Waals surface area (Å²) in [4.78, 5) is 1.80. The first-order valence-electron chi connectivity index (χ1n) is 5.83. The van der Waals surface area contributed by atoms with Crippen molar-refractivity contribution >= 4 is 10.1 Å². The molecule has 119 valence electrons. The minimum absolute atomic E-state index is 0. The van der Waals surface area contributed by atoms with E-state index in [9.17, 15) is 21.6 Å². The molecule has 1 aliphatic heterocycles. The Morgan fingerprint density at radius 2 is 2.09 bits per heavy atom. The van der Waals surface area contributed by atoms with E-state index < -0.39 is 21.5 Å². The number of hydrogen-bond donors (Lipinski definition) is 0. The van der Waals surface area contributed by atoms with E-state index in [2.05, 4.69) is 15.2 Å². The number of halogens is 3. The summed E-state index contributed by atoms with van der Waals surface area (Å²) in [6, 6.07) is 0. The van der Waals surface area contributed by atoms with Crippen molar-refractivity contribution in [1.82, 2.24) is 14.7 Å². The van der Waals surface area contributed by atoms with Crippen molar-refractivity contribution in [3.8, 4) is 11.8 Å². The van der Waals surface area contributed by atoms with Gasteiger partial charge in [-0.05, 0) is 7.05 Å². The summed E-state index contributed by atoms with van der Waals surface area (Å²) in [5.41, 5.74) is -4.68. The number of aromatic nitrogens is 2. The van der Waals surface area contributed by atoms with E-state index in [1.54, 1.807) is 11.9 Å². The van der Waals surface area contributed by atoms with Crippen molar-refractivity contribution in [3.63, 3.8) is 0 Å². The van der Waals surface area contributed by atoms with Gasteiger partial charge in [0.2, 0.25) is 0 Å². The van der Waals surface area contributed by atoms with Crippen molar-refractivity contribution in [1.29, 1.82) is 0 Å². The van der Waals surface area contributed by atoms with E-state index >= 15 is 0 Å². The van der Waals surface area contributed by atoms with Gasteiger partial charge in [-0.15, -0.1) is 5.10 Å². The Balaban J connectivity index is 0.00000242.